The Morgan fingerprint density at radius 2 is 1.82 bits per heavy atom. The smallest absolute Gasteiger partial charge is 0.393 e. The van der Waals surface area contributed by atoms with Crippen LogP contribution in [0.1, 0.15) is 23.5 Å². The molecule has 1 unspecified atom stereocenters. The van der Waals surface area contributed by atoms with E-state index in [1.165, 1.54) is 18.2 Å². The maximum absolute atomic E-state index is 12.7. The van der Waals surface area contributed by atoms with Crippen LogP contribution in [0.2, 0.25) is 0 Å². The van der Waals surface area contributed by atoms with Crippen molar-refractivity contribution >= 4 is 11.9 Å². The third kappa shape index (κ3) is 2.15. The van der Waals surface area contributed by atoms with Crippen molar-refractivity contribution in [1.82, 2.24) is 0 Å². The van der Waals surface area contributed by atoms with E-state index in [2.05, 4.69) is 4.74 Å². The summed E-state index contributed by atoms with van der Waals surface area (Å²) in [7, 11) is 0. The second kappa shape index (κ2) is 3.87. The zero-order valence-electron chi connectivity index (χ0n) is 8.45. The van der Waals surface area contributed by atoms with Crippen molar-refractivity contribution in [2.45, 2.75) is 18.5 Å². The Labute approximate surface area is 94.2 Å². The molecule has 0 aromatic heterocycles. The van der Waals surface area contributed by atoms with Crippen molar-refractivity contribution in [2.75, 3.05) is 0 Å². The number of rotatable bonds is 1. The van der Waals surface area contributed by atoms with Gasteiger partial charge in [-0.15, -0.1) is 0 Å². The molecule has 6 heteroatoms. The molecule has 0 spiro atoms. The van der Waals surface area contributed by atoms with Crippen LogP contribution in [0.25, 0.3) is 0 Å². The van der Waals surface area contributed by atoms with E-state index < -0.39 is 29.6 Å². The van der Waals surface area contributed by atoms with Crippen LogP contribution < -0.4 is 0 Å². The summed E-state index contributed by atoms with van der Waals surface area (Å²) in [6.07, 6.45) is -4.89. The summed E-state index contributed by atoms with van der Waals surface area (Å²) < 4.78 is 42.3. The fourth-order valence-corrected chi connectivity index (χ4v) is 1.77. The van der Waals surface area contributed by atoms with Gasteiger partial charge in [0, 0.05) is 0 Å². The van der Waals surface area contributed by atoms with E-state index in [0.717, 1.165) is 6.07 Å². The van der Waals surface area contributed by atoms with Crippen molar-refractivity contribution in [3.63, 3.8) is 0 Å². The lowest BCUT2D eigenvalue weighted by molar-refractivity contribution is -0.152. The second-order valence-corrected chi connectivity index (χ2v) is 3.63. The van der Waals surface area contributed by atoms with Crippen LogP contribution in [0.3, 0.4) is 0 Å². The van der Waals surface area contributed by atoms with Gasteiger partial charge in [0.25, 0.3) is 0 Å². The van der Waals surface area contributed by atoms with Crippen molar-refractivity contribution in [1.29, 1.82) is 0 Å². The highest BCUT2D eigenvalue weighted by atomic mass is 19.4. The molecule has 1 aliphatic heterocycles. The van der Waals surface area contributed by atoms with E-state index in [1.54, 1.807) is 0 Å². The second-order valence-electron chi connectivity index (χ2n) is 3.63. The maximum Gasteiger partial charge on any atom is 0.416 e. The van der Waals surface area contributed by atoms with Crippen molar-refractivity contribution in [2.24, 2.45) is 0 Å². The van der Waals surface area contributed by atoms with Crippen molar-refractivity contribution in [3.8, 4) is 0 Å². The molecule has 3 nitrogen and oxygen atoms in total. The highest BCUT2D eigenvalue weighted by Gasteiger charge is 2.41. The van der Waals surface area contributed by atoms with Gasteiger partial charge in [-0.1, -0.05) is 18.2 Å². The van der Waals surface area contributed by atoms with E-state index >= 15 is 0 Å². The summed E-state index contributed by atoms with van der Waals surface area (Å²) in [4.78, 5) is 22.1. The summed E-state index contributed by atoms with van der Waals surface area (Å²) in [5.74, 6) is -2.87. The number of carbonyl (C=O) groups excluding carboxylic acids is 2. The Balaban J connectivity index is 2.46. The molecule has 0 saturated carbocycles. The standard InChI is InChI=1S/C11H7F3O3/c12-11(13,14)8-4-2-1-3-6(8)7-5-9(15)17-10(7)16/h1-4,7H,5H2. The van der Waals surface area contributed by atoms with Crippen LogP contribution in [0.5, 0.6) is 0 Å². The van der Waals surface area contributed by atoms with Crippen molar-refractivity contribution < 1.29 is 27.5 Å². The summed E-state index contributed by atoms with van der Waals surface area (Å²) in [6, 6.07) is 4.69. The molecule has 1 saturated heterocycles. The number of hydrogen-bond acceptors (Lipinski definition) is 3. The van der Waals surface area contributed by atoms with Gasteiger partial charge in [-0.2, -0.15) is 13.2 Å². The van der Waals surface area contributed by atoms with Gasteiger partial charge < -0.3 is 4.74 Å². The monoisotopic (exact) mass is 244 g/mol. The van der Waals surface area contributed by atoms with Crippen molar-refractivity contribution in [3.05, 3.63) is 35.4 Å². The maximum atomic E-state index is 12.7. The minimum Gasteiger partial charge on any atom is -0.393 e. The molecule has 2 rings (SSSR count). The zero-order valence-corrected chi connectivity index (χ0v) is 8.45. The Hall–Kier alpha value is -1.85. The number of benzene rings is 1. The van der Waals surface area contributed by atoms with Gasteiger partial charge in [-0.3, -0.25) is 9.59 Å². The number of esters is 2. The summed E-state index contributed by atoms with van der Waals surface area (Å²) in [5, 5.41) is 0. The molecule has 0 N–H and O–H groups in total. The third-order valence-electron chi connectivity index (χ3n) is 2.51. The minimum absolute atomic E-state index is 0.212. The van der Waals surface area contributed by atoms with Crippen LogP contribution in [0.4, 0.5) is 13.2 Å². The normalized spacial score (nSPS) is 20.5. The molecule has 1 aromatic carbocycles. The molecular formula is C11H7F3O3. The van der Waals surface area contributed by atoms with E-state index in [1.807, 2.05) is 0 Å². The predicted octanol–water partition coefficient (Wildman–Crippen LogP) is 2.26. The van der Waals surface area contributed by atoms with Gasteiger partial charge in [0.2, 0.25) is 0 Å². The van der Waals surface area contributed by atoms with Gasteiger partial charge in [0.1, 0.15) is 0 Å². The number of carbonyl (C=O) groups is 2. The summed E-state index contributed by atoms with van der Waals surface area (Å²) in [5.41, 5.74) is -1.12. The predicted molar refractivity (Wildman–Crippen MR) is 49.9 cm³/mol. The van der Waals surface area contributed by atoms with Gasteiger partial charge in [0.15, 0.2) is 0 Å². The van der Waals surface area contributed by atoms with Gasteiger partial charge >= 0.3 is 18.1 Å². The summed E-state index contributed by atoms with van der Waals surface area (Å²) in [6.45, 7) is 0. The van der Waals surface area contributed by atoms with Crippen LogP contribution in [-0.4, -0.2) is 11.9 Å². The number of cyclic esters (lactones) is 2. The average molecular weight is 244 g/mol. The Kier molecular flexibility index (Phi) is 2.65. The molecular weight excluding hydrogens is 237 g/mol. The highest BCUT2D eigenvalue weighted by Crippen LogP contribution is 2.38. The molecule has 1 heterocycles. The SMILES string of the molecule is O=C1CC(c2ccccc2C(F)(F)F)C(=O)O1. The minimum atomic E-state index is -4.55. The Bertz CT molecular complexity index is 479. The molecule has 0 bridgehead atoms. The van der Waals surface area contributed by atoms with Crippen LogP contribution in [0.15, 0.2) is 24.3 Å². The summed E-state index contributed by atoms with van der Waals surface area (Å²) >= 11 is 0. The lowest BCUT2D eigenvalue weighted by Gasteiger charge is -2.14. The molecule has 1 fully saturated rings. The van der Waals surface area contributed by atoms with Gasteiger partial charge in [0.05, 0.1) is 17.9 Å². The number of halogens is 3. The van der Waals surface area contributed by atoms with Crippen LogP contribution >= 0.6 is 0 Å². The average Bonchev–Trinajstić information content (AvgIpc) is 2.56. The third-order valence-corrected chi connectivity index (χ3v) is 2.51. The van der Waals surface area contributed by atoms with E-state index in [4.69, 9.17) is 0 Å². The van der Waals surface area contributed by atoms with Gasteiger partial charge in [-0.25, -0.2) is 0 Å². The van der Waals surface area contributed by atoms with E-state index in [0.29, 0.717) is 0 Å². The molecule has 0 aliphatic carbocycles. The fourth-order valence-electron chi connectivity index (χ4n) is 1.77. The Morgan fingerprint density at radius 3 is 2.35 bits per heavy atom. The molecule has 0 amide bonds. The first-order chi connectivity index (χ1) is 7.89. The lowest BCUT2D eigenvalue weighted by atomic mass is 9.93. The quantitative estimate of drug-likeness (QED) is 0.562. The zero-order chi connectivity index (χ0) is 12.6. The number of alkyl halides is 3. The number of hydrogen-bond donors (Lipinski definition) is 0. The topological polar surface area (TPSA) is 43.4 Å². The first-order valence-electron chi connectivity index (χ1n) is 4.80. The molecule has 1 aromatic rings. The van der Waals surface area contributed by atoms with Gasteiger partial charge in [-0.05, 0) is 11.6 Å². The first kappa shape index (κ1) is 11.6. The first-order valence-corrected chi connectivity index (χ1v) is 4.80. The molecule has 90 valence electrons. The van der Waals surface area contributed by atoms with Crippen LogP contribution in [-0.2, 0) is 20.5 Å². The lowest BCUT2D eigenvalue weighted by Crippen LogP contribution is -2.14. The largest absolute Gasteiger partial charge is 0.416 e. The Morgan fingerprint density at radius 1 is 1.18 bits per heavy atom. The van der Waals surface area contributed by atoms with E-state index in [-0.39, 0.29) is 12.0 Å². The highest BCUT2D eigenvalue weighted by molar-refractivity contribution is 5.98. The number of ether oxygens (including phenoxy) is 1. The molecule has 1 atom stereocenters. The molecule has 17 heavy (non-hydrogen) atoms. The molecule has 1 aliphatic rings. The fraction of sp³-hybridized carbons (Fsp3) is 0.273. The van der Waals surface area contributed by atoms with Crippen LogP contribution in [0, 0.1) is 0 Å². The van der Waals surface area contributed by atoms with E-state index in [9.17, 15) is 22.8 Å². The molecule has 0 radical (unpaired) electrons.